The van der Waals surface area contributed by atoms with E-state index in [0.717, 1.165) is 38.1 Å². The summed E-state index contributed by atoms with van der Waals surface area (Å²) < 4.78 is 0. The molecule has 1 heterocycles. The average Bonchev–Trinajstić information content (AvgIpc) is 2.44. The van der Waals surface area contributed by atoms with Crippen LogP contribution in [0.25, 0.3) is 0 Å². The Labute approximate surface area is 118 Å². The standard InChI is InChI=1S/C15H31N3O/c1-2-16-15-6-4-3-5-14(15)13-18-9-7-17(8-10-18)11-12-19/h14-16,19H,2-13H2,1H3. The molecule has 2 rings (SSSR count). The van der Waals surface area contributed by atoms with Gasteiger partial charge in [-0.1, -0.05) is 19.8 Å². The second-order valence-corrected chi connectivity index (χ2v) is 6.07. The highest BCUT2D eigenvalue weighted by atomic mass is 16.3. The molecule has 0 spiro atoms. The van der Waals surface area contributed by atoms with Gasteiger partial charge in [-0.05, 0) is 25.3 Å². The summed E-state index contributed by atoms with van der Waals surface area (Å²) in [7, 11) is 0. The molecule has 112 valence electrons. The lowest BCUT2D eigenvalue weighted by Gasteiger charge is -2.39. The van der Waals surface area contributed by atoms with Crippen molar-refractivity contribution in [2.75, 3.05) is 52.4 Å². The van der Waals surface area contributed by atoms with E-state index in [1.54, 1.807) is 0 Å². The predicted octanol–water partition coefficient (Wildman–Crippen LogP) is 0.765. The van der Waals surface area contributed by atoms with E-state index in [2.05, 4.69) is 22.0 Å². The molecule has 1 aliphatic heterocycles. The Hall–Kier alpha value is -0.160. The van der Waals surface area contributed by atoms with Gasteiger partial charge in [0.1, 0.15) is 0 Å². The minimum Gasteiger partial charge on any atom is -0.395 e. The van der Waals surface area contributed by atoms with Crippen molar-refractivity contribution in [2.45, 2.75) is 38.6 Å². The molecular weight excluding hydrogens is 238 g/mol. The lowest BCUT2D eigenvalue weighted by Crippen LogP contribution is -2.51. The van der Waals surface area contributed by atoms with Crippen LogP contribution >= 0.6 is 0 Å². The van der Waals surface area contributed by atoms with Gasteiger partial charge in [-0.3, -0.25) is 4.90 Å². The van der Waals surface area contributed by atoms with Crippen LogP contribution in [0.3, 0.4) is 0 Å². The Kier molecular flexibility index (Phi) is 6.57. The van der Waals surface area contributed by atoms with E-state index in [1.807, 2.05) is 0 Å². The zero-order valence-corrected chi connectivity index (χ0v) is 12.5. The maximum atomic E-state index is 8.98. The van der Waals surface area contributed by atoms with Crippen molar-refractivity contribution in [3.8, 4) is 0 Å². The van der Waals surface area contributed by atoms with Crippen LogP contribution in [0.4, 0.5) is 0 Å². The molecule has 4 nitrogen and oxygen atoms in total. The summed E-state index contributed by atoms with van der Waals surface area (Å²) in [6.45, 7) is 10.3. The van der Waals surface area contributed by atoms with Crippen molar-refractivity contribution in [1.82, 2.24) is 15.1 Å². The lowest BCUT2D eigenvalue weighted by molar-refractivity contribution is 0.0882. The van der Waals surface area contributed by atoms with Gasteiger partial charge < -0.3 is 15.3 Å². The number of hydrogen-bond donors (Lipinski definition) is 2. The van der Waals surface area contributed by atoms with E-state index in [-0.39, 0.29) is 0 Å². The predicted molar refractivity (Wildman–Crippen MR) is 79.4 cm³/mol. The van der Waals surface area contributed by atoms with Gasteiger partial charge in [-0.25, -0.2) is 0 Å². The third kappa shape index (κ3) is 4.71. The van der Waals surface area contributed by atoms with E-state index >= 15 is 0 Å². The maximum Gasteiger partial charge on any atom is 0.0558 e. The normalized spacial score (nSPS) is 30.6. The Bertz CT molecular complexity index is 240. The highest BCUT2D eigenvalue weighted by Crippen LogP contribution is 2.25. The summed E-state index contributed by atoms with van der Waals surface area (Å²) in [5.74, 6) is 0.845. The van der Waals surface area contributed by atoms with Crippen molar-refractivity contribution < 1.29 is 5.11 Å². The molecule has 2 fully saturated rings. The van der Waals surface area contributed by atoms with Crippen molar-refractivity contribution in [3.05, 3.63) is 0 Å². The lowest BCUT2D eigenvalue weighted by atomic mass is 9.84. The molecule has 0 aromatic carbocycles. The molecule has 2 N–H and O–H groups in total. The van der Waals surface area contributed by atoms with Crippen LogP contribution in [0.2, 0.25) is 0 Å². The average molecular weight is 269 g/mol. The summed E-state index contributed by atoms with van der Waals surface area (Å²) in [5.41, 5.74) is 0. The molecule has 0 aromatic rings. The fourth-order valence-corrected chi connectivity index (χ4v) is 3.63. The molecule has 0 bridgehead atoms. The topological polar surface area (TPSA) is 38.7 Å². The fraction of sp³-hybridized carbons (Fsp3) is 1.00. The third-order valence-corrected chi connectivity index (χ3v) is 4.75. The number of nitrogens with zero attached hydrogens (tertiary/aromatic N) is 2. The van der Waals surface area contributed by atoms with Crippen molar-refractivity contribution in [2.24, 2.45) is 5.92 Å². The van der Waals surface area contributed by atoms with Gasteiger partial charge in [0, 0.05) is 45.3 Å². The zero-order valence-electron chi connectivity index (χ0n) is 12.5. The third-order valence-electron chi connectivity index (χ3n) is 4.75. The molecule has 0 radical (unpaired) electrons. The zero-order chi connectivity index (χ0) is 13.5. The summed E-state index contributed by atoms with van der Waals surface area (Å²) in [5, 5.41) is 12.7. The minimum atomic E-state index is 0.297. The molecule has 0 amide bonds. The van der Waals surface area contributed by atoms with Gasteiger partial charge in [0.15, 0.2) is 0 Å². The number of aliphatic hydroxyl groups is 1. The van der Waals surface area contributed by atoms with Crippen LogP contribution in [0, 0.1) is 5.92 Å². The van der Waals surface area contributed by atoms with Gasteiger partial charge in [0.05, 0.1) is 6.61 Å². The maximum absolute atomic E-state index is 8.98. The summed E-state index contributed by atoms with van der Waals surface area (Å²) in [4.78, 5) is 5.01. The first-order valence-electron chi connectivity index (χ1n) is 8.12. The van der Waals surface area contributed by atoms with E-state index in [9.17, 15) is 0 Å². The monoisotopic (exact) mass is 269 g/mol. The number of β-amino-alcohol motifs (C(OH)–C–C–N with tert-alkyl or cyclic N) is 1. The largest absolute Gasteiger partial charge is 0.395 e. The second kappa shape index (κ2) is 8.20. The van der Waals surface area contributed by atoms with E-state index in [1.165, 1.54) is 45.3 Å². The number of hydrogen-bond acceptors (Lipinski definition) is 4. The van der Waals surface area contributed by atoms with Crippen LogP contribution in [-0.2, 0) is 0 Å². The number of piperazine rings is 1. The number of nitrogens with one attached hydrogen (secondary N) is 1. The summed E-state index contributed by atoms with van der Waals surface area (Å²) >= 11 is 0. The summed E-state index contributed by atoms with van der Waals surface area (Å²) in [6, 6.07) is 0.745. The molecule has 19 heavy (non-hydrogen) atoms. The van der Waals surface area contributed by atoms with Crippen LogP contribution < -0.4 is 5.32 Å². The van der Waals surface area contributed by atoms with Crippen LogP contribution in [0.5, 0.6) is 0 Å². The van der Waals surface area contributed by atoms with Gasteiger partial charge >= 0.3 is 0 Å². The molecule has 0 aromatic heterocycles. The quantitative estimate of drug-likeness (QED) is 0.747. The smallest absolute Gasteiger partial charge is 0.0558 e. The SMILES string of the molecule is CCNC1CCCCC1CN1CCN(CCO)CC1. The number of aliphatic hydroxyl groups excluding tert-OH is 1. The Morgan fingerprint density at radius 1 is 1.05 bits per heavy atom. The first-order valence-corrected chi connectivity index (χ1v) is 8.12. The second-order valence-electron chi connectivity index (χ2n) is 6.07. The molecule has 1 aliphatic carbocycles. The molecule has 4 heteroatoms. The Balaban J connectivity index is 1.74. The van der Waals surface area contributed by atoms with E-state index < -0.39 is 0 Å². The van der Waals surface area contributed by atoms with Crippen molar-refractivity contribution in [1.29, 1.82) is 0 Å². The number of rotatable bonds is 6. The first-order chi connectivity index (χ1) is 9.33. The molecule has 2 aliphatic rings. The summed E-state index contributed by atoms with van der Waals surface area (Å²) in [6.07, 6.45) is 5.58. The van der Waals surface area contributed by atoms with Crippen LogP contribution in [0.15, 0.2) is 0 Å². The van der Waals surface area contributed by atoms with Crippen molar-refractivity contribution in [3.63, 3.8) is 0 Å². The van der Waals surface area contributed by atoms with Crippen LogP contribution in [-0.4, -0.2) is 73.4 Å². The minimum absolute atomic E-state index is 0.297. The van der Waals surface area contributed by atoms with Crippen molar-refractivity contribution >= 4 is 0 Å². The highest BCUT2D eigenvalue weighted by Gasteiger charge is 2.27. The van der Waals surface area contributed by atoms with Gasteiger partial charge in [-0.15, -0.1) is 0 Å². The van der Waals surface area contributed by atoms with Crippen LogP contribution in [0.1, 0.15) is 32.6 Å². The first kappa shape index (κ1) is 15.2. The van der Waals surface area contributed by atoms with E-state index in [0.29, 0.717) is 6.61 Å². The Morgan fingerprint density at radius 3 is 2.42 bits per heavy atom. The molecule has 1 saturated carbocycles. The van der Waals surface area contributed by atoms with Gasteiger partial charge in [0.2, 0.25) is 0 Å². The van der Waals surface area contributed by atoms with Gasteiger partial charge in [-0.2, -0.15) is 0 Å². The molecule has 2 atom stereocenters. The van der Waals surface area contributed by atoms with E-state index in [4.69, 9.17) is 5.11 Å². The molecule has 1 saturated heterocycles. The fourth-order valence-electron chi connectivity index (χ4n) is 3.63. The highest BCUT2D eigenvalue weighted by molar-refractivity contribution is 4.84. The Morgan fingerprint density at radius 2 is 1.74 bits per heavy atom. The molecule has 2 unspecified atom stereocenters. The molecular formula is C15H31N3O. The van der Waals surface area contributed by atoms with Gasteiger partial charge in [0.25, 0.3) is 0 Å².